The summed E-state index contributed by atoms with van der Waals surface area (Å²) in [6, 6.07) is 6.51. The van der Waals surface area contributed by atoms with Crippen LogP contribution in [0.1, 0.15) is 38.8 Å². The third kappa shape index (κ3) is 6.93. The SMILES string of the molecule is Cc1cccc(CNC(C)C)c1OCC(O)COC(C)C. The maximum Gasteiger partial charge on any atom is 0.126 e. The van der Waals surface area contributed by atoms with Crippen molar-refractivity contribution in [1.29, 1.82) is 0 Å². The van der Waals surface area contributed by atoms with E-state index in [-0.39, 0.29) is 12.7 Å². The molecule has 0 bridgehead atoms. The molecule has 0 aliphatic rings. The van der Waals surface area contributed by atoms with Gasteiger partial charge in [-0.3, -0.25) is 0 Å². The molecule has 0 aliphatic heterocycles. The highest BCUT2D eigenvalue weighted by atomic mass is 16.5. The Hall–Kier alpha value is -1.10. The lowest BCUT2D eigenvalue weighted by molar-refractivity contribution is -0.0125. The van der Waals surface area contributed by atoms with Crippen molar-refractivity contribution in [3.63, 3.8) is 0 Å². The molecule has 21 heavy (non-hydrogen) atoms. The largest absolute Gasteiger partial charge is 0.490 e. The fourth-order valence-corrected chi connectivity index (χ4v) is 1.90. The summed E-state index contributed by atoms with van der Waals surface area (Å²) in [6.45, 7) is 11.4. The van der Waals surface area contributed by atoms with Crippen LogP contribution in [0.15, 0.2) is 18.2 Å². The maximum atomic E-state index is 9.89. The molecule has 1 unspecified atom stereocenters. The van der Waals surface area contributed by atoms with Gasteiger partial charge in [-0.25, -0.2) is 0 Å². The van der Waals surface area contributed by atoms with E-state index in [0.29, 0.717) is 12.6 Å². The van der Waals surface area contributed by atoms with Crippen LogP contribution in [0, 0.1) is 6.92 Å². The third-order valence-corrected chi connectivity index (χ3v) is 3.04. The normalized spacial score (nSPS) is 13.0. The standard InChI is InChI=1S/C17H29NO3/c1-12(2)18-9-15-8-6-7-14(5)17(15)21-11-16(19)10-20-13(3)4/h6-8,12-13,16,18-19H,9-11H2,1-5H3. The number of rotatable bonds is 9. The minimum atomic E-state index is -0.613. The van der Waals surface area contributed by atoms with E-state index in [0.717, 1.165) is 23.4 Å². The monoisotopic (exact) mass is 295 g/mol. The molecule has 0 radical (unpaired) electrons. The Balaban J connectivity index is 2.60. The number of para-hydroxylation sites is 1. The molecular formula is C17H29NO3. The molecule has 0 saturated heterocycles. The average molecular weight is 295 g/mol. The van der Waals surface area contributed by atoms with Crippen LogP contribution in [-0.2, 0) is 11.3 Å². The number of hydrogen-bond acceptors (Lipinski definition) is 4. The third-order valence-electron chi connectivity index (χ3n) is 3.04. The second-order valence-corrected chi connectivity index (χ2v) is 5.95. The number of nitrogens with one attached hydrogen (secondary N) is 1. The Morgan fingerprint density at radius 3 is 2.48 bits per heavy atom. The van der Waals surface area contributed by atoms with Crippen LogP contribution in [-0.4, -0.2) is 36.6 Å². The predicted molar refractivity (Wildman–Crippen MR) is 85.7 cm³/mol. The number of aliphatic hydroxyl groups excluding tert-OH is 1. The molecule has 0 spiro atoms. The van der Waals surface area contributed by atoms with Crippen molar-refractivity contribution in [1.82, 2.24) is 5.32 Å². The van der Waals surface area contributed by atoms with E-state index in [1.54, 1.807) is 0 Å². The van der Waals surface area contributed by atoms with Gasteiger partial charge >= 0.3 is 0 Å². The van der Waals surface area contributed by atoms with Gasteiger partial charge in [0.1, 0.15) is 18.5 Å². The molecule has 4 heteroatoms. The molecular weight excluding hydrogens is 266 g/mol. The summed E-state index contributed by atoms with van der Waals surface area (Å²) in [6.07, 6.45) is -0.498. The first kappa shape index (κ1) is 18.0. The van der Waals surface area contributed by atoms with Crippen molar-refractivity contribution in [2.45, 2.75) is 59.4 Å². The highest BCUT2D eigenvalue weighted by Gasteiger charge is 2.11. The van der Waals surface area contributed by atoms with Crippen molar-refractivity contribution < 1.29 is 14.6 Å². The van der Waals surface area contributed by atoms with E-state index in [2.05, 4.69) is 25.2 Å². The van der Waals surface area contributed by atoms with Gasteiger partial charge in [0.2, 0.25) is 0 Å². The van der Waals surface area contributed by atoms with Crippen molar-refractivity contribution in [2.75, 3.05) is 13.2 Å². The highest BCUT2D eigenvalue weighted by molar-refractivity contribution is 5.40. The van der Waals surface area contributed by atoms with Gasteiger partial charge in [-0.15, -0.1) is 0 Å². The number of hydrogen-bond donors (Lipinski definition) is 2. The van der Waals surface area contributed by atoms with Crippen molar-refractivity contribution >= 4 is 0 Å². The lowest BCUT2D eigenvalue weighted by Crippen LogP contribution is -2.26. The highest BCUT2D eigenvalue weighted by Crippen LogP contribution is 2.23. The van der Waals surface area contributed by atoms with Crippen LogP contribution in [0.2, 0.25) is 0 Å². The van der Waals surface area contributed by atoms with Gasteiger partial charge in [0.25, 0.3) is 0 Å². The van der Waals surface area contributed by atoms with E-state index >= 15 is 0 Å². The summed E-state index contributed by atoms with van der Waals surface area (Å²) in [5.41, 5.74) is 2.19. The average Bonchev–Trinajstić information content (AvgIpc) is 2.41. The number of ether oxygens (including phenoxy) is 2. The van der Waals surface area contributed by atoms with Crippen molar-refractivity contribution in [2.24, 2.45) is 0 Å². The van der Waals surface area contributed by atoms with Gasteiger partial charge in [0.05, 0.1) is 12.7 Å². The Labute approximate surface area is 128 Å². The lowest BCUT2D eigenvalue weighted by atomic mass is 10.1. The smallest absolute Gasteiger partial charge is 0.126 e. The fourth-order valence-electron chi connectivity index (χ4n) is 1.90. The first-order valence-corrected chi connectivity index (χ1v) is 7.64. The topological polar surface area (TPSA) is 50.7 Å². The van der Waals surface area contributed by atoms with Crippen molar-refractivity contribution in [3.05, 3.63) is 29.3 Å². The van der Waals surface area contributed by atoms with Crippen LogP contribution in [0.25, 0.3) is 0 Å². The Kier molecular flexibility index (Phi) is 7.72. The van der Waals surface area contributed by atoms with Crippen LogP contribution in [0.3, 0.4) is 0 Å². The Bertz CT molecular complexity index is 418. The Morgan fingerprint density at radius 2 is 1.86 bits per heavy atom. The molecule has 1 rings (SSSR count). The van der Waals surface area contributed by atoms with Gasteiger partial charge in [-0.05, 0) is 26.3 Å². The van der Waals surface area contributed by atoms with Crippen LogP contribution >= 0.6 is 0 Å². The summed E-state index contributed by atoms with van der Waals surface area (Å²) in [5.74, 6) is 0.856. The zero-order chi connectivity index (χ0) is 15.8. The molecule has 2 N–H and O–H groups in total. The predicted octanol–water partition coefficient (Wildman–Crippen LogP) is 2.66. The van der Waals surface area contributed by atoms with E-state index in [9.17, 15) is 5.11 Å². The second kappa shape index (κ2) is 9.03. The number of benzene rings is 1. The molecule has 4 nitrogen and oxygen atoms in total. The zero-order valence-electron chi connectivity index (χ0n) is 13.8. The summed E-state index contributed by atoms with van der Waals surface area (Å²) >= 11 is 0. The van der Waals surface area contributed by atoms with Gasteiger partial charge in [-0.1, -0.05) is 32.0 Å². The molecule has 0 aliphatic carbocycles. The van der Waals surface area contributed by atoms with E-state index in [1.165, 1.54) is 0 Å². The minimum Gasteiger partial charge on any atom is -0.490 e. The van der Waals surface area contributed by atoms with E-state index in [1.807, 2.05) is 32.9 Å². The zero-order valence-corrected chi connectivity index (χ0v) is 13.8. The number of aliphatic hydroxyl groups is 1. The summed E-state index contributed by atoms with van der Waals surface area (Å²) in [4.78, 5) is 0. The maximum absolute atomic E-state index is 9.89. The van der Waals surface area contributed by atoms with Gasteiger partial charge in [0, 0.05) is 18.2 Å². The Morgan fingerprint density at radius 1 is 1.14 bits per heavy atom. The second-order valence-electron chi connectivity index (χ2n) is 5.95. The number of aryl methyl sites for hydroxylation is 1. The lowest BCUT2D eigenvalue weighted by Gasteiger charge is -2.18. The fraction of sp³-hybridized carbons (Fsp3) is 0.647. The first-order valence-electron chi connectivity index (χ1n) is 7.64. The molecule has 0 saturated carbocycles. The molecule has 1 aromatic carbocycles. The summed E-state index contributed by atoms with van der Waals surface area (Å²) in [7, 11) is 0. The molecule has 1 aromatic rings. The van der Waals surface area contributed by atoms with E-state index < -0.39 is 6.10 Å². The molecule has 0 amide bonds. The first-order chi connectivity index (χ1) is 9.90. The quantitative estimate of drug-likeness (QED) is 0.735. The molecule has 120 valence electrons. The van der Waals surface area contributed by atoms with Crippen LogP contribution in [0.5, 0.6) is 5.75 Å². The minimum absolute atomic E-state index is 0.115. The van der Waals surface area contributed by atoms with Crippen LogP contribution < -0.4 is 10.1 Å². The molecule has 0 heterocycles. The van der Waals surface area contributed by atoms with Crippen LogP contribution in [0.4, 0.5) is 0 Å². The molecule has 0 aromatic heterocycles. The summed E-state index contributed by atoms with van der Waals surface area (Å²) in [5, 5.41) is 13.3. The van der Waals surface area contributed by atoms with Gasteiger partial charge in [0.15, 0.2) is 0 Å². The summed E-state index contributed by atoms with van der Waals surface area (Å²) < 4.78 is 11.2. The van der Waals surface area contributed by atoms with Gasteiger partial charge in [-0.2, -0.15) is 0 Å². The molecule has 1 atom stereocenters. The van der Waals surface area contributed by atoms with E-state index in [4.69, 9.17) is 9.47 Å². The molecule has 0 fully saturated rings. The van der Waals surface area contributed by atoms with Crippen molar-refractivity contribution in [3.8, 4) is 5.75 Å². The van der Waals surface area contributed by atoms with Gasteiger partial charge < -0.3 is 19.9 Å².